The lowest BCUT2D eigenvalue weighted by atomic mass is 9.86. The van der Waals surface area contributed by atoms with Crippen molar-refractivity contribution in [2.45, 2.75) is 70.6 Å². The van der Waals surface area contributed by atoms with E-state index in [9.17, 15) is 0 Å². The minimum atomic E-state index is -0.859. The topological polar surface area (TPSA) is 0 Å². The van der Waals surface area contributed by atoms with Crippen LogP contribution in [0, 0.1) is 11.3 Å². The molecule has 14 heavy (non-hydrogen) atoms. The van der Waals surface area contributed by atoms with Gasteiger partial charge in [-0.25, -0.2) is 0 Å². The van der Waals surface area contributed by atoms with E-state index >= 15 is 0 Å². The predicted octanol–water partition coefficient (Wildman–Crippen LogP) is 4.69. The smallest absolute Gasteiger partial charge is 0.0539 e. The predicted molar refractivity (Wildman–Crippen MR) is 66.4 cm³/mol. The van der Waals surface area contributed by atoms with Gasteiger partial charge in [0.15, 0.2) is 0 Å². The summed E-state index contributed by atoms with van der Waals surface area (Å²) in [7, 11) is -0.859. The van der Waals surface area contributed by atoms with Crippen molar-refractivity contribution in [1.82, 2.24) is 0 Å². The molecule has 1 aliphatic carbocycles. The molecule has 82 valence electrons. The zero-order chi connectivity index (χ0) is 10.6. The Morgan fingerprint density at radius 1 is 1.14 bits per heavy atom. The summed E-state index contributed by atoms with van der Waals surface area (Å²) >= 11 is 0. The van der Waals surface area contributed by atoms with Gasteiger partial charge in [-0.1, -0.05) is 46.7 Å². The molecule has 1 aliphatic heterocycles. The van der Waals surface area contributed by atoms with Crippen LogP contribution >= 0.6 is 0 Å². The summed E-state index contributed by atoms with van der Waals surface area (Å²) in [6.07, 6.45) is 6.22. The molecule has 0 aromatic rings. The van der Waals surface area contributed by atoms with Gasteiger partial charge in [0.05, 0.1) is 8.07 Å². The van der Waals surface area contributed by atoms with Crippen LogP contribution in [-0.2, 0) is 0 Å². The molecule has 2 rings (SSSR count). The molecule has 3 atom stereocenters. The first-order chi connectivity index (χ1) is 6.31. The lowest BCUT2D eigenvalue weighted by Gasteiger charge is -2.40. The molecule has 0 aromatic carbocycles. The molecule has 1 heteroatoms. The number of fused-ring (bicyclic) bond motifs is 2. The van der Waals surface area contributed by atoms with E-state index in [0.29, 0.717) is 5.41 Å². The van der Waals surface area contributed by atoms with Crippen molar-refractivity contribution >= 4 is 8.07 Å². The summed E-state index contributed by atoms with van der Waals surface area (Å²) in [6, 6.07) is 0. The van der Waals surface area contributed by atoms with Crippen LogP contribution in [0.25, 0.3) is 0 Å². The first-order valence-corrected chi connectivity index (χ1v) is 9.46. The van der Waals surface area contributed by atoms with Gasteiger partial charge in [0.25, 0.3) is 0 Å². The zero-order valence-corrected chi connectivity index (χ0v) is 11.6. The first kappa shape index (κ1) is 10.7. The minimum absolute atomic E-state index is 0.555. The maximum Gasteiger partial charge on any atom is 0.0539 e. The molecule has 0 nitrogen and oxygen atoms in total. The Hall–Kier alpha value is 0.217. The molecular formula is C13H26Si. The van der Waals surface area contributed by atoms with E-state index in [1.165, 1.54) is 12.0 Å². The fraction of sp³-hybridized carbons (Fsp3) is 1.00. The molecule has 2 bridgehead atoms. The van der Waals surface area contributed by atoms with Gasteiger partial charge in [0, 0.05) is 0 Å². The van der Waals surface area contributed by atoms with Gasteiger partial charge in [-0.3, -0.25) is 0 Å². The summed E-state index contributed by atoms with van der Waals surface area (Å²) in [5, 5.41) is 0. The highest BCUT2D eigenvalue weighted by atomic mass is 28.3. The van der Waals surface area contributed by atoms with Gasteiger partial charge < -0.3 is 0 Å². The summed E-state index contributed by atoms with van der Waals surface area (Å²) in [5.41, 5.74) is 2.88. The highest BCUT2D eigenvalue weighted by Gasteiger charge is 2.54. The van der Waals surface area contributed by atoms with Crippen LogP contribution in [0.4, 0.5) is 0 Å². The quantitative estimate of drug-likeness (QED) is 0.551. The third kappa shape index (κ3) is 1.68. The largest absolute Gasteiger partial charge is 0.0689 e. The van der Waals surface area contributed by atoms with Crippen molar-refractivity contribution in [3.63, 3.8) is 0 Å². The average molecular weight is 210 g/mol. The van der Waals surface area contributed by atoms with E-state index in [0.717, 1.165) is 11.5 Å². The second kappa shape index (κ2) is 3.10. The molecule has 0 aromatic heterocycles. The third-order valence-corrected chi connectivity index (χ3v) is 10.1. The fourth-order valence-electron chi connectivity index (χ4n) is 4.06. The molecule has 0 amide bonds. The van der Waals surface area contributed by atoms with Gasteiger partial charge in [0.2, 0.25) is 0 Å². The number of hydrogen-bond acceptors (Lipinski definition) is 0. The lowest BCUT2D eigenvalue weighted by molar-refractivity contribution is 0.323. The maximum atomic E-state index is 2.66. The van der Waals surface area contributed by atoms with Crippen molar-refractivity contribution in [2.75, 3.05) is 0 Å². The molecule has 2 aliphatic rings. The van der Waals surface area contributed by atoms with Gasteiger partial charge in [-0.05, 0) is 35.3 Å². The van der Waals surface area contributed by atoms with Gasteiger partial charge in [-0.15, -0.1) is 0 Å². The van der Waals surface area contributed by atoms with E-state index in [2.05, 4.69) is 33.9 Å². The first-order valence-electron chi connectivity index (χ1n) is 6.31. The molecular weight excluding hydrogens is 184 g/mol. The Morgan fingerprint density at radius 2 is 1.79 bits per heavy atom. The second-order valence-electron chi connectivity index (χ2n) is 7.46. The van der Waals surface area contributed by atoms with E-state index in [1.54, 1.807) is 19.3 Å². The highest BCUT2D eigenvalue weighted by Crippen LogP contribution is 2.62. The van der Waals surface area contributed by atoms with Crippen LogP contribution in [0.5, 0.6) is 0 Å². The fourth-order valence-corrected chi connectivity index (χ4v) is 9.14. The van der Waals surface area contributed by atoms with E-state index in [4.69, 9.17) is 0 Å². The summed E-state index contributed by atoms with van der Waals surface area (Å²) in [5.74, 6) is 1.13. The van der Waals surface area contributed by atoms with Gasteiger partial charge in [0.1, 0.15) is 0 Å². The molecule has 0 radical (unpaired) electrons. The molecule has 0 spiro atoms. The number of rotatable bonds is 1. The molecule has 0 N–H and O–H groups in total. The Bertz CT molecular complexity index is 224. The van der Waals surface area contributed by atoms with Crippen molar-refractivity contribution in [2.24, 2.45) is 11.3 Å². The van der Waals surface area contributed by atoms with Crippen molar-refractivity contribution in [3.05, 3.63) is 0 Å². The van der Waals surface area contributed by atoms with E-state index in [-0.39, 0.29) is 0 Å². The number of hydrogen-bond donors (Lipinski definition) is 0. The van der Waals surface area contributed by atoms with E-state index < -0.39 is 8.07 Å². The molecule has 2 fully saturated rings. The maximum absolute atomic E-state index is 2.66. The molecule has 1 unspecified atom stereocenters. The van der Waals surface area contributed by atoms with Gasteiger partial charge in [-0.2, -0.15) is 0 Å². The molecule has 1 saturated heterocycles. The normalized spacial score (nSPS) is 40.5. The minimum Gasteiger partial charge on any atom is -0.0689 e. The second-order valence-corrected chi connectivity index (χ2v) is 12.7. The highest BCUT2D eigenvalue weighted by molar-refractivity contribution is 6.81. The third-order valence-electron chi connectivity index (χ3n) is 4.88. The Kier molecular flexibility index (Phi) is 2.38. The lowest BCUT2D eigenvalue weighted by Crippen LogP contribution is -2.38. The monoisotopic (exact) mass is 210 g/mol. The summed E-state index contributed by atoms with van der Waals surface area (Å²) < 4.78 is 0. The van der Waals surface area contributed by atoms with Crippen molar-refractivity contribution < 1.29 is 0 Å². The van der Waals surface area contributed by atoms with Crippen LogP contribution < -0.4 is 0 Å². The average Bonchev–Trinajstić information content (AvgIpc) is 2.51. The zero-order valence-electron chi connectivity index (χ0n) is 10.6. The van der Waals surface area contributed by atoms with Crippen LogP contribution in [-0.4, -0.2) is 8.07 Å². The van der Waals surface area contributed by atoms with E-state index in [1.807, 2.05) is 0 Å². The Labute approximate surface area is 90.5 Å². The Balaban J connectivity index is 2.12. The van der Waals surface area contributed by atoms with Gasteiger partial charge >= 0.3 is 0 Å². The summed E-state index contributed by atoms with van der Waals surface area (Å²) in [6.45, 7) is 12.6. The Morgan fingerprint density at radius 3 is 2.21 bits per heavy atom. The van der Waals surface area contributed by atoms with Crippen LogP contribution in [0.1, 0.15) is 46.5 Å². The SMILES string of the molecule is CC(C)(C)CC1[C@H]2CC[C@H](C2)[Si]1(C)C. The van der Waals surface area contributed by atoms with Crippen LogP contribution in [0.15, 0.2) is 0 Å². The van der Waals surface area contributed by atoms with Crippen molar-refractivity contribution in [3.8, 4) is 0 Å². The summed E-state index contributed by atoms with van der Waals surface area (Å²) in [4.78, 5) is 0. The van der Waals surface area contributed by atoms with Crippen molar-refractivity contribution in [1.29, 1.82) is 0 Å². The van der Waals surface area contributed by atoms with Crippen LogP contribution in [0.3, 0.4) is 0 Å². The van der Waals surface area contributed by atoms with Crippen LogP contribution in [0.2, 0.25) is 24.2 Å². The molecule has 1 saturated carbocycles. The molecule has 1 heterocycles. The standard InChI is InChI=1S/C13H26Si/c1-13(2,3)9-12-10-6-7-11(8-10)14(12,4)5/h10-12H,6-9H2,1-5H3/t10-,11+,12?/m0/s1.